The minimum absolute atomic E-state index is 0.118. The van der Waals surface area contributed by atoms with Crippen LogP contribution in [0.4, 0.5) is 5.95 Å². The molecule has 1 amide bonds. The number of hydrogen-bond acceptors (Lipinski definition) is 5. The van der Waals surface area contributed by atoms with E-state index in [9.17, 15) is 9.59 Å². The Morgan fingerprint density at radius 1 is 0.925 bits per heavy atom. The molecule has 210 valence electrons. The van der Waals surface area contributed by atoms with Gasteiger partial charge in [0.05, 0.1) is 11.4 Å². The van der Waals surface area contributed by atoms with Gasteiger partial charge < -0.3 is 4.98 Å². The van der Waals surface area contributed by atoms with Crippen molar-refractivity contribution in [3.63, 3.8) is 0 Å². The lowest BCUT2D eigenvalue weighted by Crippen LogP contribution is -2.47. The second-order valence-corrected chi connectivity index (χ2v) is 10.7. The highest BCUT2D eigenvalue weighted by molar-refractivity contribution is 5.90. The third-order valence-corrected chi connectivity index (χ3v) is 7.79. The molecule has 0 unspecified atom stereocenters. The zero-order valence-electron chi connectivity index (χ0n) is 23.4. The van der Waals surface area contributed by atoms with Gasteiger partial charge in [-0.25, -0.2) is 0 Å². The van der Waals surface area contributed by atoms with E-state index >= 15 is 0 Å². The average Bonchev–Trinajstić information content (AvgIpc) is 3.38. The number of piperazine rings is 1. The number of rotatable bonds is 12. The molecular weight excluding hydrogens is 500 g/mol. The number of benzene rings is 2. The van der Waals surface area contributed by atoms with Crippen molar-refractivity contribution in [1.82, 2.24) is 24.8 Å². The molecule has 0 aliphatic carbocycles. The Labute approximate surface area is 235 Å². The van der Waals surface area contributed by atoms with Crippen molar-refractivity contribution < 1.29 is 4.79 Å². The van der Waals surface area contributed by atoms with E-state index in [0.29, 0.717) is 24.0 Å². The molecule has 1 saturated heterocycles. The largest absolute Gasteiger partial charge is 0.346 e. The van der Waals surface area contributed by atoms with Crippen LogP contribution in [0, 0.1) is 0 Å². The number of anilines is 1. The maximum absolute atomic E-state index is 13.0. The Morgan fingerprint density at radius 2 is 1.57 bits per heavy atom. The molecule has 0 spiro atoms. The molecule has 0 atom stereocenters. The smallest absolute Gasteiger partial charge is 0.262 e. The molecule has 1 aliphatic rings. The number of carbonyl (C=O) groups is 1. The number of carbonyl (C=O) groups excluding carboxylic acids is 1. The van der Waals surface area contributed by atoms with Gasteiger partial charge in [-0.3, -0.25) is 29.7 Å². The van der Waals surface area contributed by atoms with Crippen molar-refractivity contribution in [2.45, 2.75) is 58.0 Å². The fraction of sp³-hybridized carbons (Fsp3) is 0.406. The minimum atomic E-state index is -0.230. The quantitative estimate of drug-likeness (QED) is 0.208. The summed E-state index contributed by atoms with van der Waals surface area (Å²) in [5.41, 5.74) is 3.80. The van der Waals surface area contributed by atoms with E-state index < -0.39 is 0 Å². The van der Waals surface area contributed by atoms with E-state index in [0.717, 1.165) is 51.0 Å². The Hall–Kier alpha value is -3.75. The standard InChI is InChI=1S/C32H40N6O2/c1-2-3-4-5-12-17-27(39)34-32-35-30-28(31(40)36-32)26(22-33-30)23-37-18-20-38(21-19-37)29(24-13-8-6-9-14-24)25-15-10-7-11-16-25/h6-11,13-16,22,29H,2-5,12,17-21,23H2,1H3,(H3,33,34,35,36,39,40). The Bertz CT molecular complexity index is 1380. The van der Waals surface area contributed by atoms with Crippen LogP contribution < -0.4 is 10.9 Å². The first-order valence-electron chi connectivity index (χ1n) is 14.6. The van der Waals surface area contributed by atoms with Crippen LogP contribution in [0.5, 0.6) is 0 Å². The summed E-state index contributed by atoms with van der Waals surface area (Å²) in [7, 11) is 0. The number of unbranched alkanes of at least 4 members (excludes halogenated alkanes) is 4. The zero-order valence-corrected chi connectivity index (χ0v) is 23.4. The summed E-state index contributed by atoms with van der Waals surface area (Å²) in [6.45, 7) is 6.51. The van der Waals surface area contributed by atoms with Crippen molar-refractivity contribution in [1.29, 1.82) is 0 Å². The Kier molecular flexibility index (Phi) is 9.42. The van der Waals surface area contributed by atoms with Gasteiger partial charge in [0.1, 0.15) is 5.65 Å². The van der Waals surface area contributed by atoms with Gasteiger partial charge in [0, 0.05) is 45.3 Å². The second kappa shape index (κ2) is 13.5. The number of amides is 1. The molecule has 2 aromatic heterocycles. The fourth-order valence-corrected chi connectivity index (χ4v) is 5.68. The Morgan fingerprint density at radius 3 is 2.23 bits per heavy atom. The first kappa shape index (κ1) is 27.8. The van der Waals surface area contributed by atoms with Crippen LogP contribution in [-0.2, 0) is 11.3 Å². The molecule has 2 aromatic carbocycles. The monoisotopic (exact) mass is 540 g/mol. The third-order valence-electron chi connectivity index (χ3n) is 7.79. The van der Waals surface area contributed by atoms with Gasteiger partial charge in [0.15, 0.2) is 0 Å². The van der Waals surface area contributed by atoms with Gasteiger partial charge in [-0.1, -0.05) is 93.3 Å². The predicted molar refractivity (Wildman–Crippen MR) is 160 cm³/mol. The van der Waals surface area contributed by atoms with Gasteiger partial charge in [-0.15, -0.1) is 0 Å². The van der Waals surface area contributed by atoms with Crippen LogP contribution in [-0.4, -0.2) is 56.8 Å². The molecule has 1 aliphatic heterocycles. The lowest BCUT2D eigenvalue weighted by Gasteiger charge is -2.39. The van der Waals surface area contributed by atoms with E-state index in [1.165, 1.54) is 24.0 Å². The van der Waals surface area contributed by atoms with E-state index in [-0.39, 0.29) is 23.5 Å². The maximum Gasteiger partial charge on any atom is 0.262 e. The van der Waals surface area contributed by atoms with Crippen LogP contribution in [0.3, 0.4) is 0 Å². The number of aromatic nitrogens is 3. The highest BCUT2D eigenvalue weighted by atomic mass is 16.2. The molecule has 0 radical (unpaired) electrons. The maximum atomic E-state index is 13.0. The van der Waals surface area contributed by atoms with Gasteiger partial charge in [-0.05, 0) is 23.1 Å². The summed E-state index contributed by atoms with van der Waals surface area (Å²) < 4.78 is 0. The van der Waals surface area contributed by atoms with Crippen molar-refractivity contribution >= 4 is 22.9 Å². The van der Waals surface area contributed by atoms with Crippen LogP contribution in [0.1, 0.15) is 68.2 Å². The molecule has 8 nitrogen and oxygen atoms in total. The topological polar surface area (TPSA) is 97.1 Å². The summed E-state index contributed by atoms with van der Waals surface area (Å²) in [6.07, 6.45) is 7.70. The molecule has 8 heteroatoms. The highest BCUT2D eigenvalue weighted by Crippen LogP contribution is 2.30. The van der Waals surface area contributed by atoms with E-state index in [4.69, 9.17) is 0 Å². The van der Waals surface area contributed by atoms with Gasteiger partial charge in [0.25, 0.3) is 5.56 Å². The number of fused-ring (bicyclic) bond motifs is 1. The van der Waals surface area contributed by atoms with Crippen LogP contribution >= 0.6 is 0 Å². The molecule has 5 rings (SSSR count). The number of aromatic amines is 2. The summed E-state index contributed by atoms with van der Waals surface area (Å²) >= 11 is 0. The lowest BCUT2D eigenvalue weighted by atomic mass is 9.96. The molecule has 40 heavy (non-hydrogen) atoms. The number of H-pyrrole nitrogens is 2. The second-order valence-electron chi connectivity index (χ2n) is 10.7. The third kappa shape index (κ3) is 6.87. The highest BCUT2D eigenvalue weighted by Gasteiger charge is 2.27. The predicted octanol–water partition coefficient (Wildman–Crippen LogP) is 5.46. The van der Waals surface area contributed by atoms with Gasteiger partial charge in [0.2, 0.25) is 11.9 Å². The van der Waals surface area contributed by atoms with Gasteiger partial charge >= 0.3 is 0 Å². The summed E-state index contributed by atoms with van der Waals surface area (Å²) in [5, 5.41) is 3.32. The average molecular weight is 541 g/mol. The van der Waals surface area contributed by atoms with Crippen molar-refractivity contribution in [2.75, 3.05) is 31.5 Å². The molecule has 0 saturated carbocycles. The first-order valence-corrected chi connectivity index (χ1v) is 14.6. The lowest BCUT2D eigenvalue weighted by molar-refractivity contribution is -0.116. The normalized spacial score (nSPS) is 14.7. The minimum Gasteiger partial charge on any atom is -0.346 e. The molecular formula is C32H40N6O2. The molecule has 4 aromatic rings. The number of nitrogens with zero attached hydrogens (tertiary/aromatic N) is 3. The summed E-state index contributed by atoms with van der Waals surface area (Å²) in [5.74, 6) is 0.0823. The van der Waals surface area contributed by atoms with Crippen LogP contribution in [0.2, 0.25) is 0 Å². The van der Waals surface area contributed by atoms with E-state index in [2.05, 4.69) is 97.7 Å². The SMILES string of the molecule is CCCCCCCC(=O)Nc1nc2[nH]cc(CN3CCN(C(c4ccccc4)c4ccccc4)CC3)c2c(=O)[nH]1. The summed E-state index contributed by atoms with van der Waals surface area (Å²) in [4.78, 5) is 40.7. The van der Waals surface area contributed by atoms with E-state index in [1.54, 1.807) is 0 Å². The van der Waals surface area contributed by atoms with Crippen molar-refractivity contribution in [3.05, 3.63) is 93.9 Å². The Balaban J connectivity index is 1.21. The molecule has 3 heterocycles. The molecule has 0 bridgehead atoms. The van der Waals surface area contributed by atoms with Crippen LogP contribution in [0.25, 0.3) is 11.0 Å². The van der Waals surface area contributed by atoms with Crippen molar-refractivity contribution in [3.8, 4) is 0 Å². The zero-order chi connectivity index (χ0) is 27.7. The first-order chi connectivity index (χ1) is 19.6. The molecule has 1 fully saturated rings. The van der Waals surface area contributed by atoms with Crippen LogP contribution in [0.15, 0.2) is 71.7 Å². The van der Waals surface area contributed by atoms with E-state index in [1.807, 2.05) is 6.20 Å². The fourth-order valence-electron chi connectivity index (χ4n) is 5.68. The van der Waals surface area contributed by atoms with Crippen molar-refractivity contribution in [2.24, 2.45) is 0 Å². The number of nitrogens with one attached hydrogen (secondary N) is 3. The number of hydrogen-bond donors (Lipinski definition) is 3. The van der Waals surface area contributed by atoms with Gasteiger partial charge in [-0.2, -0.15) is 4.98 Å². The molecule has 3 N–H and O–H groups in total. The summed E-state index contributed by atoms with van der Waals surface area (Å²) in [6, 6.07) is 21.6.